The number of fused-ring (bicyclic) bond motifs is 1. The molecule has 0 spiro atoms. The SMILES string of the molecule is CCC(CNC(=NC)NCC(C)C)N1CCc2ccccc2C1.I. The van der Waals surface area contributed by atoms with E-state index in [1.54, 1.807) is 0 Å². The van der Waals surface area contributed by atoms with Gasteiger partial charge >= 0.3 is 0 Å². The Balaban J connectivity index is 0.00000288. The number of aliphatic imine (C=N–C) groups is 1. The molecule has 0 fully saturated rings. The summed E-state index contributed by atoms with van der Waals surface area (Å²) < 4.78 is 0. The molecule has 0 aliphatic carbocycles. The second-order valence-electron chi connectivity index (χ2n) is 6.78. The lowest BCUT2D eigenvalue weighted by atomic mass is 9.98. The average Bonchev–Trinajstić information content (AvgIpc) is 2.57. The molecule has 4 nitrogen and oxygen atoms in total. The minimum absolute atomic E-state index is 0. The quantitative estimate of drug-likeness (QED) is 0.402. The summed E-state index contributed by atoms with van der Waals surface area (Å²) in [6, 6.07) is 9.38. The molecular formula is C19H33IN4. The Kier molecular flexibility index (Phi) is 9.66. The lowest BCUT2D eigenvalue weighted by Crippen LogP contribution is -2.48. The van der Waals surface area contributed by atoms with Crippen LogP contribution in [0.15, 0.2) is 29.3 Å². The van der Waals surface area contributed by atoms with Gasteiger partial charge in [-0.15, -0.1) is 24.0 Å². The highest BCUT2D eigenvalue weighted by molar-refractivity contribution is 14.0. The van der Waals surface area contributed by atoms with E-state index >= 15 is 0 Å². The van der Waals surface area contributed by atoms with Crippen molar-refractivity contribution in [3.05, 3.63) is 35.4 Å². The highest BCUT2D eigenvalue weighted by atomic mass is 127. The summed E-state index contributed by atoms with van der Waals surface area (Å²) in [6.07, 6.45) is 2.31. The Morgan fingerprint density at radius 2 is 1.83 bits per heavy atom. The number of halogens is 1. The predicted molar refractivity (Wildman–Crippen MR) is 114 cm³/mol. The van der Waals surface area contributed by atoms with E-state index in [0.717, 1.165) is 45.0 Å². The summed E-state index contributed by atoms with van der Waals surface area (Å²) in [5.41, 5.74) is 3.00. The molecule has 1 unspecified atom stereocenters. The van der Waals surface area contributed by atoms with Gasteiger partial charge in [0.05, 0.1) is 0 Å². The maximum absolute atomic E-state index is 4.32. The highest BCUT2D eigenvalue weighted by Gasteiger charge is 2.22. The molecule has 1 aromatic rings. The molecular weight excluding hydrogens is 411 g/mol. The smallest absolute Gasteiger partial charge is 0.191 e. The predicted octanol–water partition coefficient (Wildman–Crippen LogP) is 3.26. The molecule has 2 N–H and O–H groups in total. The van der Waals surface area contributed by atoms with Crippen LogP contribution in [0.3, 0.4) is 0 Å². The largest absolute Gasteiger partial charge is 0.356 e. The van der Waals surface area contributed by atoms with Crippen molar-refractivity contribution >= 4 is 29.9 Å². The van der Waals surface area contributed by atoms with Gasteiger partial charge in [-0.3, -0.25) is 9.89 Å². The summed E-state index contributed by atoms with van der Waals surface area (Å²) in [5, 5.41) is 6.88. The molecule has 0 radical (unpaired) electrons. The summed E-state index contributed by atoms with van der Waals surface area (Å²) >= 11 is 0. The van der Waals surface area contributed by atoms with E-state index in [1.807, 2.05) is 7.05 Å². The number of hydrogen-bond donors (Lipinski definition) is 2. The van der Waals surface area contributed by atoms with Gasteiger partial charge in [-0.05, 0) is 29.9 Å². The van der Waals surface area contributed by atoms with Gasteiger partial charge in [-0.1, -0.05) is 45.0 Å². The van der Waals surface area contributed by atoms with Gasteiger partial charge in [0.25, 0.3) is 0 Å². The molecule has 1 atom stereocenters. The Labute approximate surface area is 164 Å². The van der Waals surface area contributed by atoms with Gasteiger partial charge in [0, 0.05) is 39.3 Å². The van der Waals surface area contributed by atoms with E-state index in [9.17, 15) is 0 Å². The van der Waals surface area contributed by atoms with E-state index < -0.39 is 0 Å². The Hall–Kier alpha value is -0.820. The van der Waals surface area contributed by atoms with Gasteiger partial charge in [0.15, 0.2) is 5.96 Å². The normalized spacial score (nSPS) is 16.3. The van der Waals surface area contributed by atoms with E-state index in [0.29, 0.717) is 12.0 Å². The van der Waals surface area contributed by atoms with Crippen molar-refractivity contribution in [2.75, 3.05) is 26.7 Å². The molecule has 5 heteroatoms. The van der Waals surface area contributed by atoms with Crippen molar-refractivity contribution in [3.8, 4) is 0 Å². The van der Waals surface area contributed by atoms with Crippen molar-refractivity contribution in [1.29, 1.82) is 0 Å². The summed E-state index contributed by atoms with van der Waals surface area (Å²) in [7, 11) is 1.84. The van der Waals surface area contributed by atoms with Crippen molar-refractivity contribution in [2.24, 2.45) is 10.9 Å². The first-order valence-electron chi connectivity index (χ1n) is 8.89. The Morgan fingerprint density at radius 1 is 1.17 bits per heavy atom. The third kappa shape index (κ3) is 6.24. The first-order chi connectivity index (χ1) is 11.1. The fourth-order valence-corrected chi connectivity index (χ4v) is 3.10. The number of rotatable bonds is 6. The minimum Gasteiger partial charge on any atom is -0.356 e. The van der Waals surface area contributed by atoms with Crippen molar-refractivity contribution in [2.45, 2.75) is 46.2 Å². The first kappa shape index (κ1) is 21.2. The molecule has 0 saturated carbocycles. The maximum Gasteiger partial charge on any atom is 0.191 e. The molecule has 1 aromatic carbocycles. The zero-order chi connectivity index (χ0) is 16.7. The third-order valence-corrected chi connectivity index (χ3v) is 4.55. The van der Waals surface area contributed by atoms with Crippen molar-refractivity contribution < 1.29 is 0 Å². The maximum atomic E-state index is 4.32. The second-order valence-corrected chi connectivity index (χ2v) is 6.78. The van der Waals surface area contributed by atoms with Crippen LogP contribution in [0.1, 0.15) is 38.3 Å². The Bertz CT molecular complexity index is 516. The number of benzene rings is 1. The standard InChI is InChI=1S/C19H32N4.HI/c1-5-18(13-22-19(20-4)21-12-15(2)3)23-11-10-16-8-6-7-9-17(16)14-23;/h6-9,15,18H,5,10-14H2,1-4H3,(H2,20,21,22);1H. The van der Waals surface area contributed by atoms with E-state index in [1.165, 1.54) is 11.1 Å². The van der Waals surface area contributed by atoms with Crippen LogP contribution in [-0.2, 0) is 13.0 Å². The molecule has 0 bridgehead atoms. The molecule has 136 valence electrons. The molecule has 0 aromatic heterocycles. The van der Waals surface area contributed by atoms with Gasteiger partial charge in [-0.2, -0.15) is 0 Å². The van der Waals surface area contributed by atoms with Gasteiger partial charge < -0.3 is 10.6 Å². The molecule has 2 rings (SSSR count). The lowest BCUT2D eigenvalue weighted by molar-refractivity contribution is 0.174. The van der Waals surface area contributed by atoms with Gasteiger partial charge in [-0.25, -0.2) is 0 Å². The van der Waals surface area contributed by atoms with E-state index in [-0.39, 0.29) is 24.0 Å². The monoisotopic (exact) mass is 444 g/mol. The summed E-state index contributed by atoms with van der Waals surface area (Å²) in [6.45, 7) is 10.8. The van der Waals surface area contributed by atoms with Gasteiger partial charge in [0.2, 0.25) is 0 Å². The van der Waals surface area contributed by atoms with Crippen LogP contribution in [-0.4, -0.2) is 43.6 Å². The number of nitrogens with zero attached hydrogens (tertiary/aromatic N) is 2. The Morgan fingerprint density at radius 3 is 2.46 bits per heavy atom. The van der Waals surface area contributed by atoms with Crippen LogP contribution in [0.2, 0.25) is 0 Å². The molecule has 1 aliphatic heterocycles. The molecule has 1 heterocycles. The molecule has 1 aliphatic rings. The van der Waals surface area contributed by atoms with Gasteiger partial charge in [0.1, 0.15) is 0 Å². The fraction of sp³-hybridized carbons (Fsp3) is 0.632. The van der Waals surface area contributed by atoms with E-state index in [2.05, 4.69) is 65.6 Å². The second kappa shape index (κ2) is 10.9. The highest BCUT2D eigenvalue weighted by Crippen LogP contribution is 2.21. The number of nitrogens with one attached hydrogen (secondary N) is 2. The van der Waals surface area contributed by atoms with Crippen molar-refractivity contribution in [1.82, 2.24) is 15.5 Å². The number of hydrogen-bond acceptors (Lipinski definition) is 2. The lowest BCUT2D eigenvalue weighted by Gasteiger charge is -2.35. The van der Waals surface area contributed by atoms with Crippen LogP contribution in [0.5, 0.6) is 0 Å². The summed E-state index contributed by atoms with van der Waals surface area (Å²) in [4.78, 5) is 6.93. The average molecular weight is 444 g/mol. The third-order valence-electron chi connectivity index (χ3n) is 4.55. The van der Waals surface area contributed by atoms with E-state index in [4.69, 9.17) is 0 Å². The van der Waals surface area contributed by atoms with Crippen LogP contribution < -0.4 is 10.6 Å². The molecule has 24 heavy (non-hydrogen) atoms. The zero-order valence-electron chi connectivity index (χ0n) is 15.5. The fourth-order valence-electron chi connectivity index (χ4n) is 3.10. The zero-order valence-corrected chi connectivity index (χ0v) is 17.8. The van der Waals surface area contributed by atoms with Crippen molar-refractivity contribution in [3.63, 3.8) is 0 Å². The van der Waals surface area contributed by atoms with Crippen LogP contribution in [0, 0.1) is 5.92 Å². The van der Waals surface area contributed by atoms with Crippen LogP contribution >= 0.6 is 24.0 Å². The topological polar surface area (TPSA) is 39.7 Å². The molecule has 0 saturated heterocycles. The van der Waals surface area contributed by atoms with Crippen LogP contribution in [0.25, 0.3) is 0 Å². The minimum atomic E-state index is 0. The summed E-state index contributed by atoms with van der Waals surface area (Å²) in [5.74, 6) is 1.53. The molecule has 0 amide bonds. The van der Waals surface area contributed by atoms with Crippen LogP contribution in [0.4, 0.5) is 0 Å². The number of guanidine groups is 1. The first-order valence-corrected chi connectivity index (χ1v) is 8.89.